The van der Waals surface area contributed by atoms with Crippen molar-refractivity contribution in [1.82, 2.24) is 24.7 Å². The van der Waals surface area contributed by atoms with E-state index in [1.807, 2.05) is 4.90 Å². The number of anilines is 1. The van der Waals surface area contributed by atoms with Crippen LogP contribution in [0.25, 0.3) is 0 Å². The molecular weight excluding hydrogens is 416 g/mol. The van der Waals surface area contributed by atoms with Crippen LogP contribution in [0.4, 0.5) is 5.69 Å². The smallest absolute Gasteiger partial charge is 0.275 e. The molecule has 31 heavy (non-hydrogen) atoms. The van der Waals surface area contributed by atoms with Crippen molar-refractivity contribution >= 4 is 34.7 Å². The summed E-state index contributed by atoms with van der Waals surface area (Å²) in [4.78, 5) is 52.1. The lowest BCUT2D eigenvalue weighted by atomic mass is 10.1. The molecule has 0 radical (unpaired) electrons. The van der Waals surface area contributed by atoms with Crippen LogP contribution < -0.4 is 5.32 Å². The van der Waals surface area contributed by atoms with Gasteiger partial charge in [0.05, 0.1) is 18.4 Å². The number of carbonyl (C=O) groups excluding carboxylic acids is 3. The molecular formula is C21H26N6O3S. The van der Waals surface area contributed by atoms with Crippen molar-refractivity contribution in [2.24, 2.45) is 0 Å². The Bertz CT molecular complexity index is 920. The van der Waals surface area contributed by atoms with Crippen LogP contribution in [0, 0.1) is 0 Å². The Morgan fingerprint density at radius 3 is 2.45 bits per heavy atom. The summed E-state index contributed by atoms with van der Waals surface area (Å²) < 4.78 is 0. The molecule has 0 bridgehead atoms. The summed E-state index contributed by atoms with van der Waals surface area (Å²) in [5, 5.41) is 4.54. The summed E-state index contributed by atoms with van der Waals surface area (Å²) in [5.74, 6) is -0.320. The van der Waals surface area contributed by atoms with E-state index in [0.29, 0.717) is 43.3 Å². The van der Waals surface area contributed by atoms with Crippen molar-refractivity contribution in [3.05, 3.63) is 40.6 Å². The highest BCUT2D eigenvalue weighted by Crippen LogP contribution is 2.25. The van der Waals surface area contributed by atoms with Gasteiger partial charge in [-0.15, -0.1) is 11.3 Å². The summed E-state index contributed by atoms with van der Waals surface area (Å²) in [6.07, 6.45) is 7.71. The van der Waals surface area contributed by atoms with E-state index in [1.54, 1.807) is 16.3 Å². The van der Waals surface area contributed by atoms with E-state index in [9.17, 15) is 14.4 Å². The molecule has 2 aromatic rings. The van der Waals surface area contributed by atoms with Gasteiger partial charge in [-0.2, -0.15) is 0 Å². The summed E-state index contributed by atoms with van der Waals surface area (Å²) in [7, 11) is 0. The van der Waals surface area contributed by atoms with Gasteiger partial charge in [-0.25, -0.2) is 4.98 Å². The lowest BCUT2D eigenvalue weighted by molar-refractivity contribution is -0.133. The maximum Gasteiger partial charge on any atom is 0.275 e. The summed E-state index contributed by atoms with van der Waals surface area (Å²) in [6.45, 7) is 4.58. The van der Waals surface area contributed by atoms with Gasteiger partial charge < -0.3 is 15.1 Å². The number of hydrogen-bond acceptors (Lipinski definition) is 7. The molecule has 4 heterocycles. The minimum atomic E-state index is -0.401. The highest BCUT2D eigenvalue weighted by Gasteiger charge is 2.27. The van der Waals surface area contributed by atoms with Gasteiger partial charge in [0.25, 0.3) is 11.8 Å². The van der Waals surface area contributed by atoms with Gasteiger partial charge in [0.15, 0.2) is 0 Å². The van der Waals surface area contributed by atoms with Gasteiger partial charge in [-0.05, 0) is 30.7 Å². The number of carbonyl (C=O) groups is 3. The highest BCUT2D eigenvalue weighted by atomic mass is 32.1. The zero-order chi connectivity index (χ0) is 21.6. The first-order chi connectivity index (χ1) is 15.1. The molecule has 0 unspecified atom stereocenters. The molecule has 4 rings (SSSR count). The van der Waals surface area contributed by atoms with E-state index in [0.717, 1.165) is 25.9 Å². The Hall–Kier alpha value is -2.85. The van der Waals surface area contributed by atoms with Crippen LogP contribution in [-0.4, -0.2) is 88.2 Å². The molecule has 0 aromatic carbocycles. The van der Waals surface area contributed by atoms with Crippen LogP contribution in [0.2, 0.25) is 0 Å². The molecule has 2 aliphatic heterocycles. The maximum atomic E-state index is 13.0. The minimum absolute atomic E-state index is 0.105. The van der Waals surface area contributed by atoms with Crippen molar-refractivity contribution in [1.29, 1.82) is 0 Å². The van der Waals surface area contributed by atoms with Crippen LogP contribution >= 0.6 is 11.3 Å². The number of amides is 3. The predicted octanol–water partition coefficient (Wildman–Crippen LogP) is 1.56. The summed E-state index contributed by atoms with van der Waals surface area (Å²) in [6, 6.07) is 1.72. The average Bonchev–Trinajstić information content (AvgIpc) is 3.28. The van der Waals surface area contributed by atoms with E-state index in [4.69, 9.17) is 0 Å². The number of piperidine rings is 1. The normalized spacial score (nSPS) is 17.4. The molecule has 9 nitrogen and oxygen atoms in total. The monoisotopic (exact) mass is 442 g/mol. The summed E-state index contributed by atoms with van der Waals surface area (Å²) in [5.41, 5.74) is 0.674. The fraction of sp³-hybridized carbons (Fsp3) is 0.476. The van der Waals surface area contributed by atoms with Crippen molar-refractivity contribution in [2.75, 3.05) is 51.1 Å². The number of rotatable bonds is 5. The van der Waals surface area contributed by atoms with E-state index in [1.165, 1.54) is 36.3 Å². The molecule has 1 N–H and O–H groups in total. The van der Waals surface area contributed by atoms with Crippen LogP contribution in [-0.2, 0) is 4.79 Å². The molecule has 164 valence electrons. The van der Waals surface area contributed by atoms with Crippen LogP contribution in [0.15, 0.2) is 30.0 Å². The Morgan fingerprint density at radius 2 is 1.74 bits per heavy atom. The Labute approximate surface area is 185 Å². The molecule has 2 aliphatic rings. The Kier molecular flexibility index (Phi) is 6.88. The molecule has 0 saturated carbocycles. The van der Waals surface area contributed by atoms with Gasteiger partial charge in [-0.1, -0.05) is 0 Å². The van der Waals surface area contributed by atoms with Gasteiger partial charge in [0.2, 0.25) is 5.91 Å². The molecule has 10 heteroatoms. The van der Waals surface area contributed by atoms with E-state index in [-0.39, 0.29) is 17.5 Å². The van der Waals surface area contributed by atoms with E-state index >= 15 is 0 Å². The van der Waals surface area contributed by atoms with E-state index in [2.05, 4.69) is 20.2 Å². The fourth-order valence-electron chi connectivity index (χ4n) is 3.86. The quantitative estimate of drug-likeness (QED) is 0.755. The molecule has 2 aromatic heterocycles. The Balaban J connectivity index is 1.30. The largest absolute Gasteiger partial charge is 0.342 e. The number of piperazine rings is 1. The third kappa shape index (κ3) is 5.26. The van der Waals surface area contributed by atoms with Gasteiger partial charge in [0, 0.05) is 51.7 Å². The Morgan fingerprint density at radius 1 is 0.968 bits per heavy atom. The lowest BCUT2D eigenvalue weighted by Crippen LogP contribution is -2.52. The average molecular weight is 443 g/mol. The highest BCUT2D eigenvalue weighted by molar-refractivity contribution is 7.12. The van der Waals surface area contributed by atoms with Crippen molar-refractivity contribution in [2.45, 2.75) is 19.3 Å². The zero-order valence-electron chi connectivity index (χ0n) is 17.3. The zero-order valence-corrected chi connectivity index (χ0v) is 18.1. The number of nitrogens with one attached hydrogen (secondary N) is 1. The molecule has 3 amide bonds. The fourth-order valence-corrected chi connectivity index (χ4v) is 4.68. The lowest BCUT2D eigenvalue weighted by Gasteiger charge is -2.36. The second-order valence-electron chi connectivity index (χ2n) is 7.72. The summed E-state index contributed by atoms with van der Waals surface area (Å²) >= 11 is 1.30. The molecule has 0 aliphatic carbocycles. The van der Waals surface area contributed by atoms with Crippen LogP contribution in [0.1, 0.15) is 39.4 Å². The maximum absolute atomic E-state index is 13.0. The first-order valence-electron chi connectivity index (χ1n) is 10.6. The van der Waals surface area contributed by atoms with Gasteiger partial charge >= 0.3 is 0 Å². The number of likely N-dealkylation sites (tertiary alicyclic amines) is 1. The van der Waals surface area contributed by atoms with E-state index < -0.39 is 5.91 Å². The first kappa shape index (κ1) is 21.4. The second kappa shape index (κ2) is 9.97. The molecule has 2 fully saturated rings. The number of hydrogen-bond donors (Lipinski definition) is 1. The molecule has 0 spiro atoms. The third-order valence-corrected chi connectivity index (χ3v) is 6.53. The SMILES string of the molecule is O=C(Nc1ccsc1C(=O)N1CCN(CC(=O)N2CCCCC2)CC1)c1cnccn1. The number of nitrogens with zero attached hydrogens (tertiary/aromatic N) is 5. The predicted molar refractivity (Wildman–Crippen MR) is 117 cm³/mol. The van der Waals surface area contributed by atoms with Gasteiger partial charge in [-0.3, -0.25) is 24.3 Å². The van der Waals surface area contributed by atoms with Crippen molar-refractivity contribution < 1.29 is 14.4 Å². The van der Waals surface area contributed by atoms with Crippen LogP contribution in [0.3, 0.4) is 0 Å². The second-order valence-corrected chi connectivity index (χ2v) is 8.63. The standard InChI is InChI=1S/C21H26N6O3S/c28-18(26-7-2-1-3-8-26)15-25-9-11-27(12-10-25)21(30)19-16(4-13-31-19)24-20(29)17-14-22-5-6-23-17/h4-6,13-14H,1-3,7-12,15H2,(H,24,29). The number of thiophene rings is 1. The first-order valence-corrected chi connectivity index (χ1v) is 11.4. The third-order valence-electron chi connectivity index (χ3n) is 5.63. The minimum Gasteiger partial charge on any atom is -0.342 e. The van der Waals surface area contributed by atoms with Crippen molar-refractivity contribution in [3.8, 4) is 0 Å². The number of aromatic nitrogens is 2. The van der Waals surface area contributed by atoms with Gasteiger partial charge in [0.1, 0.15) is 10.6 Å². The topological polar surface area (TPSA) is 98.7 Å². The van der Waals surface area contributed by atoms with Crippen molar-refractivity contribution in [3.63, 3.8) is 0 Å². The van der Waals surface area contributed by atoms with Crippen LogP contribution in [0.5, 0.6) is 0 Å². The molecule has 2 saturated heterocycles. The molecule has 0 atom stereocenters.